The van der Waals surface area contributed by atoms with E-state index in [1.54, 1.807) is 7.11 Å². The molecule has 1 aromatic rings. The number of nitrogens with zero attached hydrogens (tertiary/aromatic N) is 1. The van der Waals surface area contributed by atoms with Crippen molar-refractivity contribution in [2.75, 3.05) is 25.6 Å². The number of hydrogen-bond acceptors (Lipinski definition) is 3. The van der Waals surface area contributed by atoms with Crippen molar-refractivity contribution in [3.05, 3.63) is 18.2 Å². The van der Waals surface area contributed by atoms with Crippen LogP contribution in [0.2, 0.25) is 0 Å². The number of ether oxygens (including phenoxy) is 1. The van der Waals surface area contributed by atoms with Crippen LogP contribution < -0.4 is 9.64 Å². The molecule has 0 N–H and O–H groups in total. The van der Waals surface area contributed by atoms with Crippen LogP contribution in [-0.2, 0) is 0 Å². The van der Waals surface area contributed by atoms with E-state index in [1.165, 1.54) is 0 Å². The van der Waals surface area contributed by atoms with Crippen LogP contribution in [0.5, 0.6) is 5.75 Å². The molecule has 72 valence electrons. The largest absolute Gasteiger partial charge is 0.497 e. The van der Waals surface area contributed by atoms with Gasteiger partial charge in [0.2, 0.25) is 0 Å². The van der Waals surface area contributed by atoms with Gasteiger partial charge in [-0.15, -0.1) is 12.6 Å². The van der Waals surface area contributed by atoms with Gasteiger partial charge in [-0.1, -0.05) is 0 Å². The average molecular weight is 197 g/mol. The van der Waals surface area contributed by atoms with Gasteiger partial charge in [0.1, 0.15) is 5.75 Å². The Kier molecular flexibility index (Phi) is 3.48. The second kappa shape index (κ2) is 4.42. The maximum absolute atomic E-state index is 5.10. The summed E-state index contributed by atoms with van der Waals surface area (Å²) in [6, 6.07) is 5.89. The first-order chi connectivity index (χ1) is 6.19. The quantitative estimate of drug-likeness (QED) is 0.747. The molecule has 3 heteroatoms. The fourth-order valence-corrected chi connectivity index (χ4v) is 1.50. The fraction of sp³-hybridized carbons (Fsp3) is 0.400. The number of methoxy groups -OCH3 is 1. The number of thiol groups is 1. The summed E-state index contributed by atoms with van der Waals surface area (Å²) in [4.78, 5) is 3.09. The molecule has 0 aliphatic rings. The minimum Gasteiger partial charge on any atom is -0.497 e. The summed E-state index contributed by atoms with van der Waals surface area (Å²) in [5.41, 5.74) is 1.13. The topological polar surface area (TPSA) is 12.5 Å². The van der Waals surface area contributed by atoms with Gasteiger partial charge < -0.3 is 9.64 Å². The van der Waals surface area contributed by atoms with E-state index in [0.717, 1.165) is 22.9 Å². The maximum atomic E-state index is 5.10. The summed E-state index contributed by atoms with van der Waals surface area (Å²) in [5.74, 6) is 0.846. The zero-order chi connectivity index (χ0) is 9.84. The molecule has 13 heavy (non-hydrogen) atoms. The van der Waals surface area contributed by atoms with E-state index in [1.807, 2.05) is 25.2 Å². The Labute approximate surface area is 84.9 Å². The lowest BCUT2D eigenvalue weighted by molar-refractivity contribution is 0.413. The molecule has 0 heterocycles. The average Bonchev–Trinajstić information content (AvgIpc) is 2.16. The molecule has 0 aliphatic carbocycles. The highest BCUT2D eigenvalue weighted by molar-refractivity contribution is 7.80. The molecule has 2 nitrogen and oxygen atoms in total. The van der Waals surface area contributed by atoms with Crippen LogP contribution in [0.1, 0.15) is 6.92 Å². The van der Waals surface area contributed by atoms with Gasteiger partial charge in [-0.25, -0.2) is 0 Å². The monoisotopic (exact) mass is 197 g/mol. The van der Waals surface area contributed by atoms with Crippen LogP contribution in [0, 0.1) is 0 Å². The molecule has 0 aromatic heterocycles. The SMILES string of the molecule is CCN(C)c1ccc(OC)cc1S. The van der Waals surface area contributed by atoms with Crippen molar-refractivity contribution >= 4 is 18.3 Å². The van der Waals surface area contributed by atoms with Crippen LogP contribution in [0.4, 0.5) is 5.69 Å². The molecule has 0 bridgehead atoms. The molecule has 0 fully saturated rings. The normalized spacial score (nSPS) is 9.85. The van der Waals surface area contributed by atoms with Crippen molar-refractivity contribution in [1.82, 2.24) is 0 Å². The Balaban J connectivity index is 2.98. The Morgan fingerprint density at radius 2 is 2.15 bits per heavy atom. The Bertz CT molecular complexity index is 288. The van der Waals surface area contributed by atoms with Gasteiger partial charge in [0.05, 0.1) is 12.8 Å². The summed E-state index contributed by atoms with van der Waals surface area (Å²) in [5, 5.41) is 0. The minimum atomic E-state index is 0.846. The van der Waals surface area contributed by atoms with E-state index < -0.39 is 0 Å². The predicted molar refractivity (Wildman–Crippen MR) is 59.2 cm³/mol. The molecule has 0 aliphatic heterocycles. The van der Waals surface area contributed by atoms with Crippen molar-refractivity contribution < 1.29 is 4.74 Å². The van der Waals surface area contributed by atoms with Gasteiger partial charge in [0, 0.05) is 18.5 Å². The highest BCUT2D eigenvalue weighted by atomic mass is 32.1. The van der Waals surface area contributed by atoms with Gasteiger partial charge in [0.25, 0.3) is 0 Å². The van der Waals surface area contributed by atoms with Crippen molar-refractivity contribution in [3.63, 3.8) is 0 Å². The molecule has 0 unspecified atom stereocenters. The second-order valence-corrected chi connectivity index (χ2v) is 3.35. The standard InChI is InChI=1S/C10H15NOS/c1-4-11(2)9-6-5-8(12-3)7-10(9)13/h5-7,13H,4H2,1-3H3. The molecule has 0 saturated carbocycles. The molecule has 0 spiro atoms. The number of hydrogen-bond donors (Lipinski definition) is 1. The van der Waals surface area contributed by atoms with Crippen molar-refractivity contribution in [2.24, 2.45) is 0 Å². The lowest BCUT2D eigenvalue weighted by atomic mass is 10.3. The first-order valence-electron chi connectivity index (χ1n) is 4.27. The van der Waals surface area contributed by atoms with E-state index in [0.29, 0.717) is 0 Å². The summed E-state index contributed by atoms with van der Waals surface area (Å²) in [6.07, 6.45) is 0. The summed E-state index contributed by atoms with van der Waals surface area (Å²) >= 11 is 4.39. The molecule has 0 atom stereocenters. The minimum absolute atomic E-state index is 0.846. The van der Waals surface area contributed by atoms with Crippen molar-refractivity contribution in [1.29, 1.82) is 0 Å². The molecule has 1 rings (SSSR count). The molecule has 1 aromatic carbocycles. The van der Waals surface area contributed by atoms with Crippen LogP contribution in [-0.4, -0.2) is 20.7 Å². The van der Waals surface area contributed by atoms with E-state index >= 15 is 0 Å². The third-order valence-corrected chi connectivity index (χ3v) is 2.43. The Morgan fingerprint density at radius 3 is 2.62 bits per heavy atom. The highest BCUT2D eigenvalue weighted by Crippen LogP contribution is 2.27. The summed E-state index contributed by atoms with van der Waals surface area (Å²) in [7, 11) is 3.70. The van der Waals surface area contributed by atoms with Gasteiger partial charge in [-0.05, 0) is 25.1 Å². The summed E-state index contributed by atoms with van der Waals surface area (Å²) in [6.45, 7) is 3.08. The third kappa shape index (κ3) is 2.31. The molecule has 0 amide bonds. The first-order valence-corrected chi connectivity index (χ1v) is 4.72. The van der Waals surface area contributed by atoms with Crippen LogP contribution >= 0.6 is 12.6 Å². The number of anilines is 1. The summed E-state index contributed by atoms with van der Waals surface area (Å²) < 4.78 is 5.10. The van der Waals surface area contributed by atoms with Crippen LogP contribution in [0.3, 0.4) is 0 Å². The molecule has 0 saturated heterocycles. The lowest BCUT2D eigenvalue weighted by Crippen LogP contribution is -2.16. The highest BCUT2D eigenvalue weighted by Gasteiger charge is 2.03. The molecular weight excluding hydrogens is 182 g/mol. The fourth-order valence-electron chi connectivity index (χ4n) is 1.12. The first kappa shape index (κ1) is 10.3. The van der Waals surface area contributed by atoms with Crippen LogP contribution in [0.25, 0.3) is 0 Å². The van der Waals surface area contributed by atoms with E-state index in [9.17, 15) is 0 Å². The Morgan fingerprint density at radius 1 is 1.46 bits per heavy atom. The van der Waals surface area contributed by atoms with E-state index in [4.69, 9.17) is 4.74 Å². The Hall–Kier alpha value is -0.830. The predicted octanol–water partition coefficient (Wildman–Crippen LogP) is 2.44. The molecule has 0 radical (unpaired) electrons. The zero-order valence-corrected chi connectivity index (χ0v) is 9.14. The third-order valence-electron chi connectivity index (χ3n) is 2.07. The van der Waals surface area contributed by atoms with Gasteiger partial charge in [-0.3, -0.25) is 0 Å². The van der Waals surface area contributed by atoms with Gasteiger partial charge in [0.15, 0.2) is 0 Å². The van der Waals surface area contributed by atoms with E-state index in [-0.39, 0.29) is 0 Å². The zero-order valence-electron chi connectivity index (χ0n) is 8.24. The van der Waals surface area contributed by atoms with Gasteiger partial charge in [-0.2, -0.15) is 0 Å². The smallest absolute Gasteiger partial charge is 0.120 e. The van der Waals surface area contributed by atoms with Crippen molar-refractivity contribution in [3.8, 4) is 5.75 Å². The molecular formula is C10H15NOS. The number of rotatable bonds is 3. The van der Waals surface area contributed by atoms with Crippen molar-refractivity contribution in [2.45, 2.75) is 11.8 Å². The second-order valence-electron chi connectivity index (χ2n) is 2.87. The maximum Gasteiger partial charge on any atom is 0.120 e. The van der Waals surface area contributed by atoms with Crippen LogP contribution in [0.15, 0.2) is 23.1 Å². The van der Waals surface area contributed by atoms with Gasteiger partial charge >= 0.3 is 0 Å². The lowest BCUT2D eigenvalue weighted by Gasteiger charge is -2.19. The number of benzene rings is 1. The van der Waals surface area contributed by atoms with E-state index in [2.05, 4.69) is 24.5 Å².